The van der Waals surface area contributed by atoms with Crippen LogP contribution < -0.4 is 21.1 Å². The number of anilines is 4. The lowest BCUT2D eigenvalue weighted by molar-refractivity contribution is -0.196. The van der Waals surface area contributed by atoms with Crippen LogP contribution in [0.2, 0.25) is 0 Å². The van der Waals surface area contributed by atoms with Crippen molar-refractivity contribution in [2.45, 2.75) is 13.1 Å². The van der Waals surface area contributed by atoms with Gasteiger partial charge < -0.3 is 29.6 Å². The summed E-state index contributed by atoms with van der Waals surface area (Å²) < 4.78 is 46.6. The number of ether oxygens (including phenoxy) is 2. The molecule has 0 saturated heterocycles. The standard InChI is InChI=1S/C20H17N5O5.C3H3F3O2/c1-10-3-4-12(8-16(10)29-2)23-19-21-9-13(18(26)27)17(25-19)22-11-5-6-15-14(7-11)24-20(28)30-15;1-8-2(7)3(4,5)6/h3-9H,1-2H3,(H,24,28)(H,26,27)(H2,21,22,23,25);1H3. The first-order valence-corrected chi connectivity index (χ1v) is 10.5. The zero-order chi connectivity index (χ0) is 28.0. The third kappa shape index (κ3) is 6.77. The van der Waals surface area contributed by atoms with Crippen LogP contribution in [0.15, 0.2) is 51.8 Å². The molecule has 0 aliphatic carbocycles. The predicted molar refractivity (Wildman–Crippen MR) is 128 cm³/mol. The summed E-state index contributed by atoms with van der Waals surface area (Å²) in [6.45, 7) is 1.92. The van der Waals surface area contributed by atoms with E-state index < -0.39 is 23.9 Å². The number of hydrogen-bond acceptors (Lipinski definition) is 10. The van der Waals surface area contributed by atoms with Crippen molar-refractivity contribution >= 4 is 46.2 Å². The molecule has 0 atom stereocenters. The number of carboxylic acids is 1. The molecule has 0 spiro atoms. The maximum absolute atomic E-state index is 11.6. The van der Waals surface area contributed by atoms with Crippen LogP contribution in [0.5, 0.6) is 5.75 Å². The molecular weight excluding hydrogens is 515 g/mol. The summed E-state index contributed by atoms with van der Waals surface area (Å²) in [5, 5.41) is 15.5. The molecule has 0 bridgehead atoms. The smallest absolute Gasteiger partial charge is 0.490 e. The van der Waals surface area contributed by atoms with Gasteiger partial charge >= 0.3 is 23.9 Å². The van der Waals surface area contributed by atoms with Crippen molar-refractivity contribution in [3.8, 4) is 5.75 Å². The number of esters is 1. The number of aromatic carboxylic acids is 1. The number of carbonyl (C=O) groups is 2. The van der Waals surface area contributed by atoms with Crippen molar-refractivity contribution in [1.29, 1.82) is 0 Å². The molecular formula is C23H20F3N5O7. The van der Waals surface area contributed by atoms with Crippen molar-refractivity contribution < 1.29 is 41.8 Å². The van der Waals surface area contributed by atoms with Crippen LogP contribution in [0, 0.1) is 6.92 Å². The Morgan fingerprint density at radius 2 is 1.76 bits per heavy atom. The first kappa shape index (κ1) is 27.5. The summed E-state index contributed by atoms with van der Waals surface area (Å²) in [5.74, 6) is -2.94. The summed E-state index contributed by atoms with van der Waals surface area (Å²) in [5.41, 5.74) is 2.93. The van der Waals surface area contributed by atoms with Gasteiger partial charge in [-0.2, -0.15) is 18.2 Å². The minimum absolute atomic E-state index is 0.0873. The van der Waals surface area contributed by atoms with E-state index in [0.717, 1.165) is 5.56 Å². The summed E-state index contributed by atoms with van der Waals surface area (Å²) in [6.07, 6.45) is -3.64. The molecule has 4 rings (SSSR count). The topological polar surface area (TPSA) is 169 Å². The number of rotatable bonds is 6. The number of nitrogens with zero attached hydrogens (tertiary/aromatic N) is 2. The fourth-order valence-corrected chi connectivity index (χ4v) is 3.00. The number of halogens is 3. The third-order valence-electron chi connectivity index (χ3n) is 4.78. The van der Waals surface area contributed by atoms with Crippen LogP contribution in [-0.4, -0.2) is 52.4 Å². The number of carboxylic acid groups (broad SMARTS) is 1. The van der Waals surface area contributed by atoms with Gasteiger partial charge in [-0.25, -0.2) is 19.4 Å². The molecule has 2 aromatic heterocycles. The minimum Gasteiger partial charge on any atom is -0.496 e. The molecule has 2 aromatic carbocycles. The van der Waals surface area contributed by atoms with E-state index in [9.17, 15) is 32.7 Å². The van der Waals surface area contributed by atoms with Crippen molar-refractivity contribution in [1.82, 2.24) is 15.0 Å². The largest absolute Gasteiger partial charge is 0.496 e. The monoisotopic (exact) mass is 535 g/mol. The fraction of sp³-hybridized carbons (Fsp3) is 0.174. The van der Waals surface area contributed by atoms with E-state index >= 15 is 0 Å². The van der Waals surface area contributed by atoms with Crippen molar-refractivity contribution in [2.75, 3.05) is 24.9 Å². The van der Waals surface area contributed by atoms with Gasteiger partial charge in [-0.1, -0.05) is 6.07 Å². The lowest BCUT2D eigenvalue weighted by atomic mass is 10.2. The summed E-state index contributed by atoms with van der Waals surface area (Å²) in [6, 6.07) is 10.4. The van der Waals surface area contributed by atoms with Gasteiger partial charge in [0.15, 0.2) is 11.4 Å². The molecule has 4 N–H and O–H groups in total. The maximum Gasteiger partial charge on any atom is 0.490 e. The van der Waals surface area contributed by atoms with E-state index in [4.69, 9.17) is 9.15 Å². The molecule has 12 nitrogen and oxygen atoms in total. The van der Waals surface area contributed by atoms with E-state index in [1.807, 2.05) is 19.1 Å². The molecule has 2 heterocycles. The summed E-state index contributed by atoms with van der Waals surface area (Å²) >= 11 is 0. The highest BCUT2D eigenvalue weighted by atomic mass is 19.4. The Balaban J connectivity index is 0.000000436. The molecule has 4 aromatic rings. The summed E-state index contributed by atoms with van der Waals surface area (Å²) in [4.78, 5) is 43.3. The van der Waals surface area contributed by atoms with E-state index in [1.54, 1.807) is 31.4 Å². The molecule has 0 aliphatic rings. The second-order valence-corrected chi connectivity index (χ2v) is 7.41. The molecule has 0 radical (unpaired) electrons. The molecule has 0 aliphatic heterocycles. The van der Waals surface area contributed by atoms with Crippen molar-refractivity contribution in [2.24, 2.45) is 0 Å². The zero-order valence-electron chi connectivity index (χ0n) is 20.0. The van der Waals surface area contributed by atoms with Gasteiger partial charge in [0.05, 0.1) is 19.7 Å². The van der Waals surface area contributed by atoms with Crippen LogP contribution in [0.4, 0.5) is 36.3 Å². The van der Waals surface area contributed by atoms with E-state index in [1.165, 1.54) is 6.20 Å². The van der Waals surface area contributed by atoms with E-state index in [-0.39, 0.29) is 17.3 Å². The number of aromatic nitrogens is 3. The van der Waals surface area contributed by atoms with Crippen molar-refractivity contribution in [3.63, 3.8) is 0 Å². The Morgan fingerprint density at radius 1 is 1.08 bits per heavy atom. The van der Waals surface area contributed by atoms with Gasteiger partial charge in [-0.3, -0.25) is 4.98 Å². The number of carbonyl (C=O) groups excluding carboxylic acids is 1. The zero-order valence-corrected chi connectivity index (χ0v) is 20.0. The highest BCUT2D eigenvalue weighted by molar-refractivity contribution is 5.94. The average Bonchev–Trinajstić information content (AvgIpc) is 3.23. The SMILES string of the molecule is COC(=O)C(F)(F)F.COc1cc(Nc2ncc(C(=O)O)c(Nc3ccc4oc(=O)[nH]c4c3)n2)ccc1C. The highest BCUT2D eigenvalue weighted by Gasteiger charge is 2.40. The number of oxazole rings is 1. The van der Waals surface area contributed by atoms with Crippen LogP contribution >= 0.6 is 0 Å². The molecule has 0 saturated carbocycles. The number of nitrogens with one attached hydrogen (secondary N) is 3. The molecule has 15 heteroatoms. The normalized spacial score (nSPS) is 10.8. The molecule has 0 fully saturated rings. The Kier molecular flexibility index (Phi) is 8.19. The second-order valence-electron chi connectivity index (χ2n) is 7.41. The van der Waals surface area contributed by atoms with Crippen molar-refractivity contribution in [3.05, 3.63) is 64.3 Å². The molecule has 200 valence electrons. The van der Waals surface area contributed by atoms with Crippen LogP contribution in [0.1, 0.15) is 15.9 Å². The van der Waals surface area contributed by atoms with E-state index in [0.29, 0.717) is 35.3 Å². The minimum atomic E-state index is -4.85. The lowest BCUT2D eigenvalue weighted by Gasteiger charge is -2.12. The fourth-order valence-electron chi connectivity index (χ4n) is 3.00. The van der Waals surface area contributed by atoms with Crippen LogP contribution in [0.25, 0.3) is 11.1 Å². The first-order chi connectivity index (χ1) is 17.9. The van der Waals surface area contributed by atoms with Gasteiger partial charge in [0.2, 0.25) is 5.95 Å². The second kappa shape index (κ2) is 11.3. The number of alkyl halides is 3. The summed E-state index contributed by atoms with van der Waals surface area (Å²) in [7, 11) is 2.26. The molecule has 0 amide bonds. The maximum atomic E-state index is 11.6. The Bertz CT molecular complexity index is 1530. The van der Waals surface area contributed by atoms with Gasteiger partial charge in [-0.05, 0) is 36.8 Å². The average molecular weight is 535 g/mol. The molecule has 38 heavy (non-hydrogen) atoms. The highest BCUT2D eigenvalue weighted by Crippen LogP contribution is 2.26. The number of fused-ring (bicyclic) bond motifs is 1. The Hall–Kier alpha value is -5.08. The van der Waals surface area contributed by atoms with Gasteiger partial charge in [0.25, 0.3) is 0 Å². The number of methoxy groups -OCH3 is 2. The number of H-pyrrole nitrogens is 1. The number of benzene rings is 2. The quantitative estimate of drug-likeness (QED) is 0.262. The number of hydrogen-bond donors (Lipinski definition) is 4. The molecule has 0 unspecified atom stereocenters. The van der Waals surface area contributed by atoms with Crippen LogP contribution in [0.3, 0.4) is 0 Å². The Morgan fingerprint density at radius 3 is 2.37 bits per heavy atom. The third-order valence-corrected chi connectivity index (χ3v) is 4.78. The number of aromatic amines is 1. The predicted octanol–water partition coefficient (Wildman–Crippen LogP) is 4.14. The van der Waals surface area contributed by atoms with Gasteiger partial charge in [0, 0.05) is 23.6 Å². The first-order valence-electron chi connectivity index (χ1n) is 10.5. The number of aryl methyl sites for hydroxylation is 1. The van der Waals surface area contributed by atoms with E-state index in [2.05, 4.69) is 30.3 Å². The Labute approximate surface area is 211 Å². The van der Waals surface area contributed by atoms with Gasteiger partial charge in [-0.15, -0.1) is 0 Å². The van der Waals surface area contributed by atoms with Gasteiger partial charge in [0.1, 0.15) is 11.3 Å². The lowest BCUT2D eigenvalue weighted by Crippen LogP contribution is -2.23. The van der Waals surface area contributed by atoms with Crippen LogP contribution in [-0.2, 0) is 9.53 Å².